The lowest BCUT2D eigenvalue weighted by molar-refractivity contribution is -0.111. The van der Waals surface area contributed by atoms with E-state index in [9.17, 15) is 9.18 Å². The molecule has 1 aliphatic carbocycles. The van der Waals surface area contributed by atoms with Gasteiger partial charge in [0.05, 0.1) is 22.8 Å². The molecule has 2 aromatic carbocycles. The van der Waals surface area contributed by atoms with Crippen LogP contribution in [0.4, 0.5) is 21.6 Å². The second-order valence-corrected chi connectivity index (χ2v) is 8.24. The minimum Gasteiger partial charge on any atom is -0.492 e. The number of benzene rings is 2. The molecule has 7 nitrogen and oxygen atoms in total. The quantitative estimate of drug-likeness (QED) is 0.422. The first-order valence-electron chi connectivity index (χ1n) is 10.8. The van der Waals surface area contributed by atoms with Crippen LogP contribution in [-0.2, 0) is 4.79 Å². The first-order chi connectivity index (χ1) is 15.9. The van der Waals surface area contributed by atoms with Crippen molar-refractivity contribution in [2.75, 3.05) is 30.8 Å². The third-order valence-corrected chi connectivity index (χ3v) is 5.60. The molecule has 2 N–H and O–H groups in total. The third kappa shape index (κ3) is 5.77. The minimum atomic E-state index is -0.502. The molecule has 1 aliphatic rings. The van der Waals surface area contributed by atoms with E-state index in [-0.39, 0.29) is 10.9 Å². The molecule has 0 saturated heterocycles. The van der Waals surface area contributed by atoms with E-state index in [1.165, 1.54) is 37.4 Å². The number of carbonyl (C=O) groups excluding carboxylic acids is 1. The molecule has 0 spiro atoms. The van der Waals surface area contributed by atoms with E-state index in [1.807, 2.05) is 13.0 Å². The Kier molecular flexibility index (Phi) is 7.05. The van der Waals surface area contributed by atoms with Gasteiger partial charge in [0.25, 0.3) is 0 Å². The van der Waals surface area contributed by atoms with Crippen LogP contribution in [0, 0.1) is 5.82 Å². The van der Waals surface area contributed by atoms with Crippen LogP contribution in [0.1, 0.15) is 19.8 Å². The Morgan fingerprint density at radius 3 is 2.85 bits per heavy atom. The smallest absolute Gasteiger partial charge is 0.248 e. The molecule has 172 valence electrons. The number of nitrogens with one attached hydrogen (secondary N) is 2. The van der Waals surface area contributed by atoms with Gasteiger partial charge < -0.3 is 15.4 Å². The van der Waals surface area contributed by atoms with Gasteiger partial charge in [0.2, 0.25) is 5.91 Å². The van der Waals surface area contributed by atoms with Crippen LogP contribution in [0.15, 0.2) is 48.8 Å². The highest BCUT2D eigenvalue weighted by atomic mass is 35.5. The van der Waals surface area contributed by atoms with Gasteiger partial charge >= 0.3 is 0 Å². The van der Waals surface area contributed by atoms with Crippen LogP contribution in [-0.4, -0.2) is 47.0 Å². The number of amides is 1. The zero-order valence-corrected chi connectivity index (χ0v) is 19.2. The first kappa shape index (κ1) is 22.9. The molecule has 0 radical (unpaired) electrons. The molecular formula is C24H25ClFN5O2. The van der Waals surface area contributed by atoms with Gasteiger partial charge in [-0.05, 0) is 51.1 Å². The number of fused-ring (bicyclic) bond motifs is 1. The Balaban J connectivity index is 1.59. The Morgan fingerprint density at radius 2 is 2.12 bits per heavy atom. The van der Waals surface area contributed by atoms with Crippen LogP contribution in [0.2, 0.25) is 5.02 Å². The summed E-state index contributed by atoms with van der Waals surface area (Å²) in [6.45, 7) is 3.02. The van der Waals surface area contributed by atoms with Crippen molar-refractivity contribution >= 4 is 45.6 Å². The van der Waals surface area contributed by atoms with Crippen LogP contribution < -0.4 is 15.4 Å². The minimum absolute atomic E-state index is 0.00376. The molecule has 9 heteroatoms. The molecule has 1 amide bonds. The number of likely N-dealkylation sites (N-methyl/N-ethyl adjacent to an activating group) is 1. The maximum Gasteiger partial charge on any atom is 0.248 e. The Hall–Kier alpha value is -3.23. The number of aromatic nitrogens is 2. The Morgan fingerprint density at radius 1 is 1.30 bits per heavy atom. The molecule has 3 aromatic rings. The summed E-state index contributed by atoms with van der Waals surface area (Å²) in [5.41, 5.74) is 1.71. The summed E-state index contributed by atoms with van der Waals surface area (Å²) in [4.78, 5) is 23.4. The average Bonchev–Trinajstić information content (AvgIpc) is 3.63. The molecule has 4 rings (SSSR count). The second kappa shape index (κ2) is 10.1. The van der Waals surface area contributed by atoms with E-state index < -0.39 is 5.82 Å². The summed E-state index contributed by atoms with van der Waals surface area (Å²) in [5.74, 6) is 0.243. The van der Waals surface area contributed by atoms with E-state index >= 15 is 0 Å². The highest BCUT2D eigenvalue weighted by Crippen LogP contribution is 2.34. The van der Waals surface area contributed by atoms with Crippen LogP contribution in [0.3, 0.4) is 0 Å². The number of anilines is 3. The normalized spacial score (nSPS) is 13.6. The molecule has 1 aromatic heterocycles. The second-order valence-electron chi connectivity index (χ2n) is 7.84. The summed E-state index contributed by atoms with van der Waals surface area (Å²) in [6.07, 6.45) is 7.23. The van der Waals surface area contributed by atoms with E-state index in [1.54, 1.807) is 18.2 Å². The van der Waals surface area contributed by atoms with Gasteiger partial charge in [0.1, 0.15) is 23.7 Å². The monoisotopic (exact) mass is 469 g/mol. The van der Waals surface area contributed by atoms with Crippen molar-refractivity contribution in [2.24, 2.45) is 0 Å². The van der Waals surface area contributed by atoms with Crippen molar-refractivity contribution in [1.82, 2.24) is 14.9 Å². The Bertz CT molecular complexity index is 1200. The Labute approximate surface area is 196 Å². The number of hydrogen-bond acceptors (Lipinski definition) is 6. The first-order valence-corrected chi connectivity index (χ1v) is 11.1. The van der Waals surface area contributed by atoms with E-state index in [0.717, 1.165) is 6.54 Å². The summed E-state index contributed by atoms with van der Waals surface area (Å²) in [7, 11) is 2.05. The molecule has 1 saturated carbocycles. The van der Waals surface area contributed by atoms with Crippen molar-refractivity contribution in [2.45, 2.75) is 25.8 Å². The number of rotatable bonds is 9. The van der Waals surface area contributed by atoms with Crippen molar-refractivity contribution in [3.8, 4) is 5.75 Å². The van der Waals surface area contributed by atoms with Gasteiger partial charge in [-0.25, -0.2) is 14.4 Å². The fraction of sp³-hybridized carbons (Fsp3) is 0.292. The maximum atomic E-state index is 13.5. The van der Waals surface area contributed by atoms with Gasteiger partial charge in [0, 0.05) is 35.8 Å². The van der Waals surface area contributed by atoms with Gasteiger partial charge in [-0.3, -0.25) is 9.69 Å². The summed E-state index contributed by atoms with van der Waals surface area (Å²) >= 11 is 5.90. The zero-order chi connectivity index (χ0) is 23.4. The summed E-state index contributed by atoms with van der Waals surface area (Å²) in [5, 5.41) is 6.69. The number of ether oxygens (including phenoxy) is 1. The third-order valence-electron chi connectivity index (χ3n) is 5.31. The molecular weight excluding hydrogens is 445 g/mol. The van der Waals surface area contributed by atoms with Crippen molar-refractivity contribution in [3.05, 3.63) is 59.7 Å². The molecule has 0 bridgehead atoms. The number of carbonyl (C=O) groups is 1. The molecule has 1 fully saturated rings. The van der Waals surface area contributed by atoms with E-state index in [2.05, 4.69) is 32.5 Å². The fourth-order valence-corrected chi connectivity index (χ4v) is 3.61. The summed E-state index contributed by atoms with van der Waals surface area (Å²) < 4.78 is 19.2. The largest absolute Gasteiger partial charge is 0.492 e. The topological polar surface area (TPSA) is 79.4 Å². The molecule has 0 atom stereocenters. The average molecular weight is 470 g/mol. The van der Waals surface area contributed by atoms with Crippen molar-refractivity contribution < 1.29 is 13.9 Å². The fourth-order valence-electron chi connectivity index (χ4n) is 3.43. The maximum absolute atomic E-state index is 13.5. The number of halogens is 2. The lowest BCUT2D eigenvalue weighted by Gasteiger charge is -2.14. The lowest BCUT2D eigenvalue weighted by Crippen LogP contribution is -2.20. The van der Waals surface area contributed by atoms with Crippen molar-refractivity contribution in [1.29, 1.82) is 0 Å². The summed E-state index contributed by atoms with van der Waals surface area (Å²) in [6, 6.07) is 8.46. The molecule has 0 aliphatic heterocycles. The highest BCUT2D eigenvalue weighted by Gasteiger charge is 2.24. The SMILES string of the molecule is CCOc1cc2ncnc(Nc3ccc(F)c(Cl)c3)c2cc1NC(=O)/C=C/CN(C)C1CC1. The zero-order valence-electron chi connectivity index (χ0n) is 18.4. The van der Waals surface area contributed by atoms with Crippen LogP contribution in [0.25, 0.3) is 10.9 Å². The lowest BCUT2D eigenvalue weighted by atomic mass is 10.1. The molecule has 1 heterocycles. The van der Waals surface area contributed by atoms with Gasteiger partial charge in [-0.2, -0.15) is 0 Å². The number of hydrogen-bond donors (Lipinski definition) is 2. The van der Waals surface area contributed by atoms with E-state index in [4.69, 9.17) is 16.3 Å². The molecule has 33 heavy (non-hydrogen) atoms. The molecule has 0 unspecified atom stereocenters. The van der Waals surface area contributed by atoms with Crippen LogP contribution >= 0.6 is 11.6 Å². The number of nitrogens with zero attached hydrogens (tertiary/aromatic N) is 3. The van der Waals surface area contributed by atoms with Crippen LogP contribution in [0.5, 0.6) is 5.75 Å². The highest BCUT2D eigenvalue weighted by molar-refractivity contribution is 6.31. The van der Waals surface area contributed by atoms with E-state index in [0.29, 0.717) is 46.5 Å². The predicted molar refractivity (Wildman–Crippen MR) is 129 cm³/mol. The van der Waals surface area contributed by atoms with Crippen molar-refractivity contribution in [3.63, 3.8) is 0 Å². The van der Waals surface area contributed by atoms with Gasteiger partial charge in [-0.15, -0.1) is 0 Å². The predicted octanol–water partition coefficient (Wildman–Crippen LogP) is 5.15. The standard InChI is InChI=1S/C24H25ClFN5O2/c1-3-33-22-13-20-17(12-21(22)30-23(32)5-4-10-31(2)16-7-8-16)24(28-14-27-20)29-15-6-9-19(26)18(25)11-15/h4-6,9,11-14,16H,3,7-8,10H2,1-2H3,(H,30,32)(H,27,28,29)/b5-4+. The van der Waals surface area contributed by atoms with Gasteiger partial charge in [-0.1, -0.05) is 17.7 Å². The van der Waals surface area contributed by atoms with Gasteiger partial charge in [0.15, 0.2) is 0 Å².